The molecular formula is C19H19NO3S. The van der Waals surface area contributed by atoms with E-state index in [0.29, 0.717) is 11.4 Å². The van der Waals surface area contributed by atoms with Gasteiger partial charge in [-0.2, -0.15) is 8.42 Å². The summed E-state index contributed by atoms with van der Waals surface area (Å²) >= 11 is 0. The third-order valence-corrected chi connectivity index (χ3v) is 5.11. The van der Waals surface area contributed by atoms with E-state index in [0.717, 1.165) is 16.6 Å². The van der Waals surface area contributed by atoms with E-state index in [1.54, 1.807) is 24.3 Å². The Morgan fingerprint density at radius 1 is 0.958 bits per heavy atom. The number of fused-ring (bicyclic) bond motifs is 1. The van der Waals surface area contributed by atoms with Crippen LogP contribution in [0.5, 0.6) is 5.75 Å². The predicted octanol–water partition coefficient (Wildman–Crippen LogP) is 4.43. The quantitative estimate of drug-likeness (QED) is 0.659. The number of nitrogens with zero attached hydrogens (tertiary/aromatic N) is 1. The van der Waals surface area contributed by atoms with Crippen LogP contribution in [-0.4, -0.2) is 13.4 Å². The molecule has 0 aliphatic heterocycles. The van der Waals surface area contributed by atoms with Gasteiger partial charge in [0, 0.05) is 11.1 Å². The Kier molecular flexibility index (Phi) is 4.28. The predicted molar refractivity (Wildman–Crippen MR) is 94.8 cm³/mol. The van der Waals surface area contributed by atoms with Gasteiger partial charge in [-0.15, -0.1) is 0 Å². The van der Waals surface area contributed by atoms with E-state index in [1.165, 1.54) is 0 Å². The molecule has 0 fully saturated rings. The maximum Gasteiger partial charge on any atom is 0.339 e. The molecule has 0 spiro atoms. The van der Waals surface area contributed by atoms with Crippen molar-refractivity contribution in [1.29, 1.82) is 0 Å². The first-order chi connectivity index (χ1) is 11.4. The molecule has 0 bridgehead atoms. The molecule has 0 saturated carbocycles. The highest BCUT2D eigenvalue weighted by Crippen LogP contribution is 2.27. The second-order valence-electron chi connectivity index (χ2n) is 6.04. The maximum absolute atomic E-state index is 12.6. The monoisotopic (exact) mass is 341 g/mol. The summed E-state index contributed by atoms with van der Waals surface area (Å²) in [6, 6.07) is 15.8. The molecule has 0 aliphatic carbocycles. The Morgan fingerprint density at radius 2 is 1.67 bits per heavy atom. The fraction of sp³-hybridized carbons (Fsp3) is 0.211. The van der Waals surface area contributed by atoms with Gasteiger partial charge in [0.05, 0.1) is 0 Å². The first-order valence-electron chi connectivity index (χ1n) is 7.77. The third kappa shape index (κ3) is 3.26. The summed E-state index contributed by atoms with van der Waals surface area (Å²) < 4.78 is 30.5. The molecule has 2 aromatic carbocycles. The van der Waals surface area contributed by atoms with Gasteiger partial charge in [0.2, 0.25) is 0 Å². The number of rotatable bonds is 4. The smallest absolute Gasteiger partial charge is 0.339 e. The Bertz CT molecular complexity index is 977. The highest BCUT2D eigenvalue weighted by molar-refractivity contribution is 7.87. The number of para-hydroxylation sites is 1. The van der Waals surface area contributed by atoms with Gasteiger partial charge in [-0.3, -0.25) is 0 Å². The van der Waals surface area contributed by atoms with Crippen LogP contribution >= 0.6 is 0 Å². The Balaban J connectivity index is 1.99. The minimum atomic E-state index is -3.90. The van der Waals surface area contributed by atoms with Gasteiger partial charge < -0.3 is 4.18 Å². The zero-order valence-corrected chi connectivity index (χ0v) is 14.7. The van der Waals surface area contributed by atoms with Crippen molar-refractivity contribution in [3.05, 3.63) is 65.9 Å². The molecular weight excluding hydrogens is 322 g/mol. The van der Waals surface area contributed by atoms with E-state index in [4.69, 9.17) is 4.18 Å². The van der Waals surface area contributed by atoms with E-state index in [-0.39, 0.29) is 10.6 Å². The summed E-state index contributed by atoms with van der Waals surface area (Å²) in [6.07, 6.45) is 0. The van der Waals surface area contributed by atoms with Crippen LogP contribution < -0.4 is 4.18 Å². The van der Waals surface area contributed by atoms with Crippen molar-refractivity contribution in [3.63, 3.8) is 0 Å². The van der Waals surface area contributed by atoms with E-state index in [2.05, 4.69) is 18.8 Å². The van der Waals surface area contributed by atoms with Crippen molar-refractivity contribution < 1.29 is 12.6 Å². The van der Waals surface area contributed by atoms with Crippen LogP contribution in [0.25, 0.3) is 10.9 Å². The summed E-state index contributed by atoms with van der Waals surface area (Å²) in [5, 5.41) is 0.837. The molecule has 124 valence electrons. The zero-order valence-electron chi connectivity index (χ0n) is 13.9. The van der Waals surface area contributed by atoms with Gasteiger partial charge in [-0.25, -0.2) is 4.98 Å². The van der Waals surface area contributed by atoms with Crippen LogP contribution in [0.4, 0.5) is 0 Å². The molecule has 0 aliphatic rings. The highest BCUT2D eigenvalue weighted by atomic mass is 32.2. The summed E-state index contributed by atoms with van der Waals surface area (Å²) in [5.41, 5.74) is 2.42. The lowest BCUT2D eigenvalue weighted by molar-refractivity contribution is 0.488. The minimum absolute atomic E-state index is 0.136. The summed E-state index contributed by atoms with van der Waals surface area (Å²) in [6.45, 7) is 5.98. The molecule has 0 amide bonds. The SMILES string of the molecule is Cc1ccc2cccc(OS(=O)(=O)c3ccc(C(C)C)cc3)c2n1. The average Bonchev–Trinajstić information content (AvgIpc) is 2.55. The summed E-state index contributed by atoms with van der Waals surface area (Å²) in [4.78, 5) is 4.54. The summed E-state index contributed by atoms with van der Waals surface area (Å²) in [7, 11) is -3.90. The number of hydrogen-bond acceptors (Lipinski definition) is 4. The molecule has 0 atom stereocenters. The first kappa shape index (κ1) is 16.5. The van der Waals surface area contributed by atoms with Crippen molar-refractivity contribution in [2.75, 3.05) is 0 Å². The lowest BCUT2D eigenvalue weighted by Crippen LogP contribution is -2.10. The molecule has 0 N–H and O–H groups in total. The van der Waals surface area contributed by atoms with Crippen LogP contribution in [-0.2, 0) is 10.1 Å². The lowest BCUT2D eigenvalue weighted by Gasteiger charge is -2.11. The Hall–Kier alpha value is -2.40. The lowest BCUT2D eigenvalue weighted by atomic mass is 10.0. The van der Waals surface area contributed by atoms with Crippen molar-refractivity contribution in [2.45, 2.75) is 31.6 Å². The fourth-order valence-electron chi connectivity index (χ4n) is 2.47. The average molecular weight is 341 g/mol. The van der Waals surface area contributed by atoms with E-state index < -0.39 is 10.1 Å². The largest absolute Gasteiger partial charge is 0.377 e. The number of aryl methyl sites for hydroxylation is 1. The van der Waals surface area contributed by atoms with Crippen LogP contribution in [0.1, 0.15) is 31.0 Å². The standard InChI is InChI=1S/C19H19NO3S/c1-13(2)15-9-11-17(12-10-15)24(21,22)23-18-6-4-5-16-8-7-14(3)20-19(16)18/h4-13H,1-3H3. The molecule has 0 unspecified atom stereocenters. The van der Waals surface area contributed by atoms with E-state index >= 15 is 0 Å². The van der Waals surface area contributed by atoms with Gasteiger partial charge in [-0.1, -0.05) is 44.2 Å². The molecule has 0 radical (unpaired) electrons. The Labute approximate surface area is 142 Å². The summed E-state index contributed by atoms with van der Waals surface area (Å²) in [5.74, 6) is 0.581. The molecule has 4 nitrogen and oxygen atoms in total. The van der Waals surface area contributed by atoms with Crippen LogP contribution in [0, 0.1) is 6.92 Å². The number of aromatic nitrogens is 1. The second-order valence-corrected chi connectivity index (χ2v) is 7.59. The third-order valence-electron chi connectivity index (χ3n) is 3.86. The number of pyridine rings is 1. The van der Waals surface area contributed by atoms with Crippen molar-refractivity contribution in [1.82, 2.24) is 4.98 Å². The van der Waals surface area contributed by atoms with E-state index in [9.17, 15) is 8.42 Å². The van der Waals surface area contributed by atoms with Crippen molar-refractivity contribution >= 4 is 21.0 Å². The van der Waals surface area contributed by atoms with Crippen LogP contribution in [0.3, 0.4) is 0 Å². The normalized spacial score (nSPS) is 11.8. The fourth-order valence-corrected chi connectivity index (χ4v) is 3.41. The topological polar surface area (TPSA) is 56.3 Å². The molecule has 5 heteroatoms. The molecule has 24 heavy (non-hydrogen) atoms. The molecule has 0 saturated heterocycles. The van der Waals surface area contributed by atoms with Crippen molar-refractivity contribution in [3.8, 4) is 5.75 Å². The van der Waals surface area contributed by atoms with Gasteiger partial charge in [0.15, 0.2) is 5.75 Å². The zero-order chi connectivity index (χ0) is 17.3. The van der Waals surface area contributed by atoms with Gasteiger partial charge in [-0.05, 0) is 42.7 Å². The molecule has 3 rings (SSSR count). The highest BCUT2D eigenvalue weighted by Gasteiger charge is 2.18. The molecule has 1 aromatic heterocycles. The molecule has 3 aromatic rings. The first-order valence-corrected chi connectivity index (χ1v) is 9.18. The van der Waals surface area contributed by atoms with Gasteiger partial charge in [0.1, 0.15) is 10.4 Å². The second kappa shape index (κ2) is 6.24. The van der Waals surface area contributed by atoms with Crippen LogP contribution in [0.15, 0.2) is 59.5 Å². The van der Waals surface area contributed by atoms with Crippen LogP contribution in [0.2, 0.25) is 0 Å². The number of benzene rings is 2. The van der Waals surface area contributed by atoms with E-state index in [1.807, 2.05) is 37.3 Å². The van der Waals surface area contributed by atoms with Gasteiger partial charge in [0.25, 0.3) is 0 Å². The maximum atomic E-state index is 12.6. The molecule has 1 heterocycles. The Morgan fingerprint density at radius 3 is 2.33 bits per heavy atom. The van der Waals surface area contributed by atoms with Crippen molar-refractivity contribution in [2.24, 2.45) is 0 Å². The minimum Gasteiger partial charge on any atom is -0.377 e. The van der Waals surface area contributed by atoms with Gasteiger partial charge >= 0.3 is 10.1 Å². The number of hydrogen-bond donors (Lipinski definition) is 0.